The number of amides is 1. The number of aliphatic hydroxyl groups excluding tert-OH is 1. The summed E-state index contributed by atoms with van der Waals surface area (Å²) in [6.45, 7) is 0. The first-order chi connectivity index (χ1) is 11.7. The van der Waals surface area contributed by atoms with Gasteiger partial charge in [0, 0.05) is 24.8 Å². The number of nitrogens with zero attached hydrogens (tertiary/aromatic N) is 3. The minimum absolute atomic E-state index is 0.0575. The molecule has 2 aliphatic rings. The fourth-order valence-corrected chi connectivity index (χ4v) is 4.15. The SMILES string of the molecule is O=C(N[C@H]1C[C@@H](O)[C@@H]1n1cccn1)C1(c2cccnc2)CCCC1. The van der Waals surface area contributed by atoms with Crippen molar-refractivity contribution in [3.63, 3.8) is 0 Å². The van der Waals surface area contributed by atoms with E-state index in [2.05, 4.69) is 15.4 Å². The summed E-state index contributed by atoms with van der Waals surface area (Å²) in [5.41, 5.74) is 0.513. The van der Waals surface area contributed by atoms with E-state index < -0.39 is 11.5 Å². The van der Waals surface area contributed by atoms with Crippen LogP contribution in [0.2, 0.25) is 0 Å². The van der Waals surface area contributed by atoms with Crippen molar-refractivity contribution in [1.82, 2.24) is 20.1 Å². The molecule has 2 aliphatic carbocycles. The molecule has 2 aromatic rings. The highest BCUT2D eigenvalue weighted by Gasteiger charge is 2.48. The van der Waals surface area contributed by atoms with Gasteiger partial charge in [-0.25, -0.2) is 0 Å². The van der Waals surface area contributed by atoms with Crippen LogP contribution in [-0.4, -0.2) is 37.9 Å². The zero-order valence-corrected chi connectivity index (χ0v) is 13.5. The number of aromatic nitrogens is 3. The van der Waals surface area contributed by atoms with Gasteiger partial charge in [-0.05, 0) is 37.0 Å². The second kappa shape index (κ2) is 6.02. The van der Waals surface area contributed by atoms with Gasteiger partial charge in [-0.3, -0.25) is 14.5 Å². The standard InChI is InChI=1S/C18H22N4O2/c23-15-11-14(16(15)22-10-4-9-20-22)21-17(24)18(6-1-2-7-18)13-5-3-8-19-12-13/h3-5,8-10,12,14-16,23H,1-2,6-7,11H2,(H,21,24)/t14-,15+,16+/m0/s1. The van der Waals surface area contributed by atoms with Crippen LogP contribution in [0.5, 0.6) is 0 Å². The fourth-order valence-electron chi connectivity index (χ4n) is 4.15. The topological polar surface area (TPSA) is 80.0 Å². The highest BCUT2D eigenvalue weighted by Crippen LogP contribution is 2.42. The predicted octanol–water partition coefficient (Wildman–Crippen LogP) is 1.58. The van der Waals surface area contributed by atoms with Gasteiger partial charge in [0.2, 0.25) is 5.91 Å². The van der Waals surface area contributed by atoms with Crippen molar-refractivity contribution in [2.24, 2.45) is 0 Å². The van der Waals surface area contributed by atoms with Crippen LogP contribution < -0.4 is 5.32 Å². The fraction of sp³-hybridized carbons (Fsp3) is 0.500. The van der Waals surface area contributed by atoms with Crippen molar-refractivity contribution in [3.8, 4) is 0 Å². The molecule has 0 aliphatic heterocycles. The van der Waals surface area contributed by atoms with Gasteiger partial charge in [-0.2, -0.15) is 5.10 Å². The predicted molar refractivity (Wildman–Crippen MR) is 88.2 cm³/mol. The van der Waals surface area contributed by atoms with Crippen LogP contribution in [0.4, 0.5) is 0 Å². The number of pyridine rings is 1. The molecule has 24 heavy (non-hydrogen) atoms. The van der Waals surface area contributed by atoms with Crippen LogP contribution in [0.3, 0.4) is 0 Å². The summed E-state index contributed by atoms with van der Waals surface area (Å²) in [5, 5.41) is 17.5. The molecule has 2 N–H and O–H groups in total. The van der Waals surface area contributed by atoms with E-state index in [1.807, 2.05) is 30.6 Å². The third-order valence-corrected chi connectivity index (χ3v) is 5.55. The molecule has 0 saturated heterocycles. The quantitative estimate of drug-likeness (QED) is 0.894. The highest BCUT2D eigenvalue weighted by molar-refractivity contribution is 5.88. The first kappa shape index (κ1) is 15.3. The van der Waals surface area contributed by atoms with Gasteiger partial charge in [0.15, 0.2) is 0 Å². The number of aliphatic hydroxyl groups is 1. The lowest BCUT2D eigenvalue weighted by Crippen LogP contribution is -2.59. The summed E-state index contributed by atoms with van der Waals surface area (Å²) in [6.07, 6.45) is 11.0. The monoisotopic (exact) mass is 326 g/mol. The number of carbonyl (C=O) groups excluding carboxylic acids is 1. The van der Waals surface area contributed by atoms with Crippen LogP contribution in [0.25, 0.3) is 0 Å². The zero-order chi connectivity index (χ0) is 16.6. The molecule has 0 bridgehead atoms. The van der Waals surface area contributed by atoms with E-state index in [-0.39, 0.29) is 18.0 Å². The molecule has 0 radical (unpaired) electrons. The van der Waals surface area contributed by atoms with Crippen LogP contribution in [0.1, 0.15) is 43.7 Å². The van der Waals surface area contributed by atoms with Gasteiger partial charge < -0.3 is 10.4 Å². The number of hydrogen-bond acceptors (Lipinski definition) is 4. The Morgan fingerprint density at radius 2 is 2.12 bits per heavy atom. The average molecular weight is 326 g/mol. The lowest BCUT2D eigenvalue weighted by atomic mass is 9.76. The Bertz CT molecular complexity index is 695. The van der Waals surface area contributed by atoms with E-state index in [4.69, 9.17) is 0 Å². The third kappa shape index (κ3) is 2.41. The van der Waals surface area contributed by atoms with E-state index in [1.165, 1.54) is 0 Å². The molecule has 6 heteroatoms. The van der Waals surface area contributed by atoms with Gasteiger partial charge >= 0.3 is 0 Å². The van der Waals surface area contributed by atoms with Crippen molar-refractivity contribution in [1.29, 1.82) is 0 Å². The number of hydrogen-bond donors (Lipinski definition) is 2. The maximum absolute atomic E-state index is 13.1. The second-order valence-corrected chi connectivity index (χ2v) is 6.89. The first-order valence-electron chi connectivity index (χ1n) is 8.59. The summed E-state index contributed by atoms with van der Waals surface area (Å²) in [7, 11) is 0. The van der Waals surface area contributed by atoms with E-state index in [1.54, 1.807) is 17.1 Å². The van der Waals surface area contributed by atoms with Crippen molar-refractivity contribution < 1.29 is 9.90 Å². The molecule has 1 amide bonds. The van der Waals surface area contributed by atoms with Crippen molar-refractivity contribution >= 4 is 5.91 Å². The van der Waals surface area contributed by atoms with Crippen LogP contribution in [0, 0.1) is 0 Å². The minimum Gasteiger partial charge on any atom is -0.391 e. The highest BCUT2D eigenvalue weighted by atomic mass is 16.3. The molecule has 2 fully saturated rings. The smallest absolute Gasteiger partial charge is 0.231 e. The Hall–Kier alpha value is -2.21. The Morgan fingerprint density at radius 1 is 1.29 bits per heavy atom. The van der Waals surface area contributed by atoms with Crippen molar-refractivity contribution in [3.05, 3.63) is 48.5 Å². The molecule has 2 saturated carbocycles. The molecule has 4 rings (SSSR count). The largest absolute Gasteiger partial charge is 0.391 e. The summed E-state index contributed by atoms with van der Waals surface area (Å²) in [4.78, 5) is 17.3. The van der Waals surface area contributed by atoms with Crippen LogP contribution >= 0.6 is 0 Å². The maximum atomic E-state index is 13.1. The first-order valence-corrected chi connectivity index (χ1v) is 8.59. The Kier molecular flexibility index (Phi) is 3.84. The van der Waals surface area contributed by atoms with Gasteiger partial charge in [0.05, 0.1) is 23.6 Å². The lowest BCUT2D eigenvalue weighted by Gasteiger charge is -2.43. The Morgan fingerprint density at radius 3 is 2.75 bits per heavy atom. The van der Waals surface area contributed by atoms with E-state index in [9.17, 15) is 9.90 Å². The van der Waals surface area contributed by atoms with Crippen LogP contribution in [-0.2, 0) is 10.2 Å². The summed E-state index contributed by atoms with van der Waals surface area (Å²) >= 11 is 0. The molecule has 3 atom stereocenters. The zero-order valence-electron chi connectivity index (χ0n) is 13.5. The Balaban J connectivity index is 1.54. The molecule has 2 heterocycles. The normalized spacial score (nSPS) is 28.3. The summed E-state index contributed by atoms with van der Waals surface area (Å²) in [6, 6.07) is 5.46. The van der Waals surface area contributed by atoms with Crippen molar-refractivity contribution in [2.75, 3.05) is 0 Å². The molecule has 2 aromatic heterocycles. The van der Waals surface area contributed by atoms with Gasteiger partial charge in [0.1, 0.15) is 0 Å². The van der Waals surface area contributed by atoms with E-state index in [0.29, 0.717) is 6.42 Å². The van der Waals surface area contributed by atoms with Gasteiger partial charge in [0.25, 0.3) is 0 Å². The third-order valence-electron chi connectivity index (χ3n) is 5.55. The molecular weight excluding hydrogens is 304 g/mol. The van der Waals surface area contributed by atoms with Gasteiger partial charge in [-0.1, -0.05) is 18.9 Å². The summed E-state index contributed by atoms with van der Waals surface area (Å²) < 4.78 is 1.74. The average Bonchev–Trinajstić information content (AvgIpc) is 3.27. The lowest BCUT2D eigenvalue weighted by molar-refractivity contribution is -0.130. The Labute approximate surface area is 140 Å². The molecule has 0 unspecified atom stereocenters. The van der Waals surface area contributed by atoms with E-state index >= 15 is 0 Å². The van der Waals surface area contributed by atoms with Crippen LogP contribution in [0.15, 0.2) is 43.0 Å². The number of rotatable bonds is 4. The van der Waals surface area contributed by atoms with Crippen molar-refractivity contribution in [2.45, 2.75) is 55.7 Å². The van der Waals surface area contributed by atoms with E-state index in [0.717, 1.165) is 31.2 Å². The van der Waals surface area contributed by atoms with Gasteiger partial charge in [-0.15, -0.1) is 0 Å². The number of carbonyl (C=O) groups is 1. The molecular formula is C18H22N4O2. The molecule has 0 aromatic carbocycles. The molecule has 6 nitrogen and oxygen atoms in total. The minimum atomic E-state index is -0.483. The summed E-state index contributed by atoms with van der Waals surface area (Å²) in [5.74, 6) is 0.0575. The molecule has 126 valence electrons. The number of nitrogens with one attached hydrogen (secondary N) is 1. The maximum Gasteiger partial charge on any atom is 0.231 e. The second-order valence-electron chi connectivity index (χ2n) is 6.89. The molecule has 0 spiro atoms.